The van der Waals surface area contributed by atoms with Crippen LogP contribution in [-0.4, -0.2) is 72.2 Å². The van der Waals surface area contributed by atoms with Crippen molar-refractivity contribution in [2.24, 2.45) is 34.5 Å². The fourth-order valence-electron chi connectivity index (χ4n) is 10.2. The maximum absolute atomic E-state index is 13.0. The van der Waals surface area contributed by atoms with Crippen LogP contribution in [0.1, 0.15) is 79.7 Å². The maximum Gasteiger partial charge on any atom is 0.303 e. The molecular formula is C37H50O10. The molecule has 1 N–H and O–H groups in total. The van der Waals surface area contributed by atoms with E-state index in [1.807, 2.05) is 43.3 Å². The van der Waals surface area contributed by atoms with Gasteiger partial charge in [0.2, 0.25) is 0 Å². The van der Waals surface area contributed by atoms with E-state index >= 15 is 0 Å². The number of carbonyl (C=O) groups is 4. The monoisotopic (exact) mass is 654 g/mol. The molecule has 4 aliphatic rings. The maximum atomic E-state index is 13.0. The van der Waals surface area contributed by atoms with Crippen LogP contribution >= 0.6 is 0 Å². The van der Waals surface area contributed by atoms with Crippen molar-refractivity contribution in [1.29, 1.82) is 0 Å². The highest BCUT2D eigenvalue weighted by Gasteiger charge is 2.75. The molecule has 5 unspecified atom stereocenters. The molecule has 3 aliphatic carbocycles. The highest BCUT2D eigenvalue weighted by molar-refractivity contribution is 5.68. The standard InChI is InChI=1S/C37H50O10/c1-8-35-16-15-28-31(29(45-24(5)39)18-21(2)37(28,42)17-14-27-12-10-9-11-13-27)32(35)33(46-25(6)40)34(47-26(7)41)36(20-43-19-30(35)36)22(3)44-23(4)38/h9-13,18,22,28-34,42H,8,14-17,19-20H2,1-7H3/t22-,28-,29?,30+,31?,32?,33+,34+,35?,36?,37+/m1/s1. The van der Waals surface area contributed by atoms with Gasteiger partial charge in [-0.2, -0.15) is 0 Å². The second-order valence-corrected chi connectivity index (χ2v) is 14.2. The lowest BCUT2D eigenvalue weighted by atomic mass is 9.39. The number of esters is 4. The van der Waals surface area contributed by atoms with Crippen molar-refractivity contribution in [3.05, 3.63) is 47.5 Å². The van der Waals surface area contributed by atoms with Gasteiger partial charge in [-0.3, -0.25) is 19.2 Å². The van der Waals surface area contributed by atoms with E-state index in [-0.39, 0.29) is 18.4 Å². The summed E-state index contributed by atoms with van der Waals surface area (Å²) in [4.78, 5) is 50.8. The average molecular weight is 655 g/mol. The Morgan fingerprint density at radius 3 is 2.23 bits per heavy atom. The molecule has 1 aromatic carbocycles. The van der Waals surface area contributed by atoms with Crippen LogP contribution in [0.4, 0.5) is 0 Å². The Hall–Kier alpha value is -3.24. The van der Waals surface area contributed by atoms with E-state index in [0.29, 0.717) is 38.7 Å². The smallest absolute Gasteiger partial charge is 0.303 e. The lowest BCUT2D eigenvalue weighted by Crippen LogP contribution is -2.73. The highest BCUT2D eigenvalue weighted by Crippen LogP contribution is 2.70. The first-order valence-corrected chi connectivity index (χ1v) is 16.9. The predicted octanol–water partition coefficient (Wildman–Crippen LogP) is 4.74. The molecule has 1 aromatic rings. The van der Waals surface area contributed by atoms with Crippen LogP contribution in [-0.2, 0) is 49.3 Å². The Morgan fingerprint density at radius 1 is 0.979 bits per heavy atom. The zero-order valence-corrected chi connectivity index (χ0v) is 28.7. The lowest BCUT2D eigenvalue weighted by Gasteiger charge is -2.67. The van der Waals surface area contributed by atoms with Gasteiger partial charge in [0, 0.05) is 45.4 Å². The SMILES string of the molecule is CCC12CC[C@@H]3C(C(OC(C)=O)C=C(C)[C@@]3(O)CCc3ccccc3)C1[C@H](OC(C)=O)[C@H](OC(C)=O)C1([C@@H](C)OC(C)=O)COC[C@@H]21. The van der Waals surface area contributed by atoms with Gasteiger partial charge in [0.05, 0.1) is 24.2 Å². The molecule has 47 heavy (non-hydrogen) atoms. The van der Waals surface area contributed by atoms with Gasteiger partial charge in [-0.1, -0.05) is 37.3 Å². The number of hydrogen-bond acceptors (Lipinski definition) is 10. The predicted molar refractivity (Wildman–Crippen MR) is 171 cm³/mol. The molecule has 11 atom stereocenters. The minimum absolute atomic E-state index is 0.137. The van der Waals surface area contributed by atoms with Gasteiger partial charge in [0.1, 0.15) is 18.3 Å². The van der Waals surface area contributed by atoms with E-state index in [0.717, 1.165) is 11.1 Å². The van der Waals surface area contributed by atoms with Crippen LogP contribution in [0.2, 0.25) is 0 Å². The number of benzene rings is 1. The van der Waals surface area contributed by atoms with Crippen LogP contribution in [0.15, 0.2) is 42.0 Å². The fourth-order valence-corrected chi connectivity index (χ4v) is 10.2. The minimum atomic E-state index is -1.24. The van der Waals surface area contributed by atoms with E-state index in [4.69, 9.17) is 23.7 Å². The third kappa shape index (κ3) is 6.01. The zero-order chi connectivity index (χ0) is 34.3. The van der Waals surface area contributed by atoms with E-state index in [2.05, 4.69) is 6.92 Å². The van der Waals surface area contributed by atoms with Crippen molar-refractivity contribution in [3.8, 4) is 0 Å². The number of hydrogen-bond donors (Lipinski definition) is 1. The molecule has 0 spiro atoms. The van der Waals surface area contributed by atoms with Gasteiger partial charge in [-0.05, 0) is 74.5 Å². The first-order chi connectivity index (χ1) is 22.2. The molecule has 0 radical (unpaired) electrons. The molecule has 0 amide bonds. The van der Waals surface area contributed by atoms with Gasteiger partial charge in [0.25, 0.3) is 0 Å². The second-order valence-electron chi connectivity index (χ2n) is 14.2. The molecule has 1 saturated heterocycles. The quantitative estimate of drug-likeness (QED) is 0.226. The van der Waals surface area contributed by atoms with Crippen molar-refractivity contribution in [3.63, 3.8) is 0 Å². The topological polar surface area (TPSA) is 135 Å². The summed E-state index contributed by atoms with van der Waals surface area (Å²) in [6, 6.07) is 10.00. The number of rotatable bonds is 9. The van der Waals surface area contributed by atoms with Gasteiger partial charge in [0.15, 0.2) is 6.10 Å². The van der Waals surface area contributed by atoms with Crippen LogP contribution in [0.5, 0.6) is 0 Å². The van der Waals surface area contributed by atoms with Crippen LogP contribution in [0, 0.1) is 34.5 Å². The summed E-state index contributed by atoms with van der Waals surface area (Å²) in [7, 11) is 0. The van der Waals surface area contributed by atoms with Crippen molar-refractivity contribution in [2.75, 3.05) is 13.2 Å². The van der Waals surface area contributed by atoms with Gasteiger partial charge >= 0.3 is 23.9 Å². The lowest BCUT2D eigenvalue weighted by molar-refractivity contribution is -0.279. The summed E-state index contributed by atoms with van der Waals surface area (Å²) < 4.78 is 30.6. The largest absolute Gasteiger partial charge is 0.462 e. The van der Waals surface area contributed by atoms with Crippen molar-refractivity contribution in [2.45, 2.75) is 111 Å². The van der Waals surface area contributed by atoms with E-state index in [1.54, 1.807) is 6.92 Å². The zero-order valence-electron chi connectivity index (χ0n) is 28.7. The second kappa shape index (κ2) is 13.3. The Morgan fingerprint density at radius 2 is 1.64 bits per heavy atom. The number of ether oxygens (including phenoxy) is 5. The summed E-state index contributed by atoms with van der Waals surface area (Å²) in [6.07, 6.45) is 1.37. The van der Waals surface area contributed by atoms with E-state index < -0.39 is 76.6 Å². The first kappa shape index (κ1) is 35.1. The molecule has 258 valence electrons. The Balaban J connectivity index is 1.71. The normalized spacial score (nSPS) is 38.0. The first-order valence-electron chi connectivity index (χ1n) is 16.9. The number of aryl methyl sites for hydroxylation is 1. The van der Waals surface area contributed by atoms with E-state index in [9.17, 15) is 24.3 Å². The summed E-state index contributed by atoms with van der Waals surface area (Å²) in [6.45, 7) is 11.6. The Kier molecular flexibility index (Phi) is 9.96. The summed E-state index contributed by atoms with van der Waals surface area (Å²) in [5, 5.41) is 12.7. The van der Waals surface area contributed by atoms with Gasteiger partial charge < -0.3 is 28.8 Å². The molecule has 10 heteroatoms. The van der Waals surface area contributed by atoms with Crippen LogP contribution < -0.4 is 0 Å². The molecular weight excluding hydrogens is 604 g/mol. The molecule has 10 nitrogen and oxygen atoms in total. The van der Waals surface area contributed by atoms with Crippen molar-refractivity contribution < 1.29 is 48.0 Å². The molecule has 0 aromatic heterocycles. The van der Waals surface area contributed by atoms with E-state index in [1.165, 1.54) is 27.7 Å². The third-order valence-electron chi connectivity index (χ3n) is 12.0. The Bertz CT molecular complexity index is 1390. The number of carbonyl (C=O) groups excluding carboxylic acids is 4. The molecule has 0 bridgehead atoms. The minimum Gasteiger partial charge on any atom is -0.462 e. The number of fused-ring (bicyclic) bond motifs is 5. The van der Waals surface area contributed by atoms with Crippen molar-refractivity contribution in [1.82, 2.24) is 0 Å². The van der Waals surface area contributed by atoms with Crippen LogP contribution in [0.3, 0.4) is 0 Å². The molecule has 5 rings (SSSR count). The number of aliphatic hydroxyl groups is 1. The molecule has 1 aliphatic heterocycles. The molecule has 2 saturated carbocycles. The average Bonchev–Trinajstić information content (AvgIpc) is 3.47. The molecule has 1 heterocycles. The van der Waals surface area contributed by atoms with Crippen LogP contribution in [0.25, 0.3) is 0 Å². The van der Waals surface area contributed by atoms with Gasteiger partial charge in [-0.25, -0.2) is 0 Å². The van der Waals surface area contributed by atoms with Gasteiger partial charge in [-0.15, -0.1) is 0 Å². The molecule has 3 fully saturated rings. The summed E-state index contributed by atoms with van der Waals surface area (Å²) in [5.41, 5.74) is -0.981. The van der Waals surface area contributed by atoms with Crippen molar-refractivity contribution >= 4 is 23.9 Å². The summed E-state index contributed by atoms with van der Waals surface area (Å²) >= 11 is 0. The Labute approximate surface area is 277 Å². The fraction of sp³-hybridized carbons (Fsp3) is 0.676. The third-order valence-corrected chi connectivity index (χ3v) is 12.0. The highest BCUT2D eigenvalue weighted by atomic mass is 16.6. The summed E-state index contributed by atoms with van der Waals surface area (Å²) in [5.74, 6) is -3.68.